The number of carboxylic acid groups (broad SMARTS) is 2. The maximum atomic E-state index is 13.0. The highest BCUT2D eigenvalue weighted by Gasteiger charge is 2.29. The molecule has 0 amide bonds. The van der Waals surface area contributed by atoms with Gasteiger partial charge in [-0.05, 0) is 12.5 Å². The second-order valence-electron chi connectivity index (χ2n) is 4.49. The van der Waals surface area contributed by atoms with E-state index in [2.05, 4.69) is 0 Å². The third-order valence-electron chi connectivity index (χ3n) is 2.59. The summed E-state index contributed by atoms with van der Waals surface area (Å²) in [5.41, 5.74) is -0.384. The fourth-order valence-corrected chi connectivity index (χ4v) is 1.37. The van der Waals surface area contributed by atoms with Gasteiger partial charge in [-0.1, -0.05) is 6.92 Å². The van der Waals surface area contributed by atoms with Crippen LogP contribution < -0.4 is 0 Å². The molecule has 4 N–H and O–H groups in total. The topological polar surface area (TPSA) is 132 Å². The summed E-state index contributed by atoms with van der Waals surface area (Å²) in [5, 5.41) is 32.5. The molecular formula is C14H15F3O7. The number of hydrogen-bond acceptors (Lipinski definition) is 5. The molecule has 2 atom stereocenters. The summed E-state index contributed by atoms with van der Waals surface area (Å²) in [6, 6.07) is 0.987. The first-order valence-corrected chi connectivity index (χ1v) is 6.52. The Kier molecular flexibility index (Phi) is 8.64. The molecule has 24 heavy (non-hydrogen) atoms. The van der Waals surface area contributed by atoms with Crippen molar-refractivity contribution in [3.63, 3.8) is 0 Å². The van der Waals surface area contributed by atoms with Gasteiger partial charge in [0.05, 0.1) is 5.56 Å². The van der Waals surface area contributed by atoms with Gasteiger partial charge in [-0.25, -0.2) is 22.8 Å². The van der Waals surface area contributed by atoms with Crippen LogP contribution in [0.1, 0.15) is 30.1 Å². The van der Waals surface area contributed by atoms with Gasteiger partial charge in [-0.2, -0.15) is 0 Å². The average Bonchev–Trinajstić information content (AvgIpc) is 2.49. The Bertz CT molecular complexity index is 601. The number of aliphatic hydroxyl groups is 2. The maximum absolute atomic E-state index is 13.0. The van der Waals surface area contributed by atoms with Crippen LogP contribution in [0, 0.1) is 17.5 Å². The molecule has 1 rings (SSSR count). The minimum absolute atomic E-state index is 0.127. The molecule has 0 saturated carbocycles. The number of halogens is 3. The van der Waals surface area contributed by atoms with Crippen molar-refractivity contribution in [2.24, 2.45) is 0 Å². The lowest BCUT2D eigenvalue weighted by atomic mass is 10.1. The van der Waals surface area contributed by atoms with Gasteiger partial charge < -0.3 is 20.4 Å². The van der Waals surface area contributed by atoms with E-state index >= 15 is 0 Å². The normalized spacial score (nSPS) is 12.6. The highest BCUT2D eigenvalue weighted by atomic mass is 19.2. The van der Waals surface area contributed by atoms with E-state index in [-0.39, 0.29) is 12.0 Å². The summed E-state index contributed by atoms with van der Waals surface area (Å²) >= 11 is 0. The number of carboxylic acids is 2. The first kappa shape index (κ1) is 21.5. The second kappa shape index (κ2) is 9.63. The molecule has 0 radical (unpaired) electrons. The minimum Gasteiger partial charge on any atom is -0.479 e. The maximum Gasteiger partial charge on any atom is 0.335 e. The van der Waals surface area contributed by atoms with Crippen LogP contribution in [0.3, 0.4) is 0 Å². The first-order chi connectivity index (χ1) is 11.0. The molecule has 1 aromatic carbocycles. The van der Waals surface area contributed by atoms with Crippen LogP contribution in [-0.2, 0) is 9.59 Å². The van der Waals surface area contributed by atoms with Crippen LogP contribution in [0.5, 0.6) is 0 Å². The standard InChI is InChI=1S/C10H9F3O.C4H6O6/c1-2-3-10(14)6-4-8(12)9(13)5-7(6)11;5-1(3(7)8)2(6)4(9)10/h4-5H,2-3H2,1H3;1-2,5-6H,(H,7,8)(H,9,10). The largest absolute Gasteiger partial charge is 0.479 e. The van der Waals surface area contributed by atoms with Crippen molar-refractivity contribution in [2.45, 2.75) is 32.0 Å². The molecule has 0 bridgehead atoms. The zero-order chi connectivity index (χ0) is 19.0. The van der Waals surface area contributed by atoms with Gasteiger partial charge in [0.2, 0.25) is 0 Å². The number of Topliss-reactive ketones (excluding diaryl/α,β-unsaturated/α-hetero) is 1. The van der Waals surface area contributed by atoms with E-state index in [1.807, 2.05) is 0 Å². The fourth-order valence-electron chi connectivity index (χ4n) is 1.37. The molecule has 7 nitrogen and oxygen atoms in total. The van der Waals surface area contributed by atoms with Gasteiger partial charge in [0.15, 0.2) is 29.6 Å². The van der Waals surface area contributed by atoms with Crippen molar-refractivity contribution in [2.75, 3.05) is 0 Å². The molecule has 0 heterocycles. The lowest BCUT2D eigenvalue weighted by molar-refractivity contribution is -0.165. The lowest BCUT2D eigenvalue weighted by Crippen LogP contribution is -2.39. The van der Waals surface area contributed by atoms with E-state index in [0.717, 1.165) is 0 Å². The van der Waals surface area contributed by atoms with Gasteiger partial charge in [0.1, 0.15) is 5.82 Å². The zero-order valence-electron chi connectivity index (χ0n) is 12.4. The van der Waals surface area contributed by atoms with Crippen LogP contribution in [0.2, 0.25) is 0 Å². The van der Waals surface area contributed by atoms with Crippen LogP contribution in [0.25, 0.3) is 0 Å². The third kappa shape index (κ3) is 6.34. The smallest absolute Gasteiger partial charge is 0.335 e. The molecule has 2 unspecified atom stereocenters. The Morgan fingerprint density at radius 3 is 1.71 bits per heavy atom. The van der Waals surface area contributed by atoms with Gasteiger partial charge >= 0.3 is 11.9 Å². The van der Waals surface area contributed by atoms with Crippen LogP contribution in [-0.4, -0.2) is 50.4 Å². The number of ketones is 1. The Hall–Kier alpha value is -2.46. The summed E-state index contributed by atoms with van der Waals surface area (Å²) in [5.74, 6) is -7.54. The molecule has 10 heteroatoms. The summed E-state index contributed by atoms with van der Waals surface area (Å²) < 4.78 is 38.1. The van der Waals surface area contributed by atoms with Crippen LogP contribution in [0.15, 0.2) is 12.1 Å². The van der Waals surface area contributed by atoms with Crippen molar-refractivity contribution < 1.29 is 48.0 Å². The number of hydrogen-bond donors (Lipinski definition) is 4. The Morgan fingerprint density at radius 1 is 0.917 bits per heavy atom. The number of aliphatic hydroxyl groups excluding tert-OH is 2. The molecule has 0 aromatic heterocycles. The summed E-state index contributed by atoms with van der Waals surface area (Å²) in [6.45, 7) is 1.75. The van der Waals surface area contributed by atoms with E-state index in [9.17, 15) is 27.6 Å². The van der Waals surface area contributed by atoms with E-state index in [1.165, 1.54) is 0 Å². The first-order valence-electron chi connectivity index (χ1n) is 6.52. The van der Waals surface area contributed by atoms with E-state index in [4.69, 9.17) is 20.4 Å². The lowest BCUT2D eigenvalue weighted by Gasteiger charge is -2.07. The van der Waals surface area contributed by atoms with E-state index < -0.39 is 47.4 Å². The molecule has 0 fully saturated rings. The average molecular weight is 352 g/mol. The quantitative estimate of drug-likeness (QED) is 0.443. The van der Waals surface area contributed by atoms with E-state index in [1.54, 1.807) is 6.92 Å². The highest BCUT2D eigenvalue weighted by molar-refractivity contribution is 5.96. The van der Waals surface area contributed by atoms with Crippen molar-refractivity contribution in [1.82, 2.24) is 0 Å². The number of benzene rings is 1. The predicted molar refractivity (Wildman–Crippen MR) is 72.8 cm³/mol. The number of carbonyl (C=O) groups is 3. The molecule has 0 aliphatic heterocycles. The molecular weight excluding hydrogens is 337 g/mol. The van der Waals surface area contributed by atoms with Crippen molar-refractivity contribution in [1.29, 1.82) is 0 Å². The Balaban J connectivity index is 0.000000470. The number of aliphatic carboxylic acids is 2. The SMILES string of the molecule is CCCC(=O)c1cc(F)c(F)cc1F.O=C(O)C(O)C(O)C(=O)O. The van der Waals surface area contributed by atoms with Gasteiger partial charge in [0, 0.05) is 12.5 Å². The molecule has 0 aliphatic carbocycles. The summed E-state index contributed by atoms with van der Waals surface area (Å²) in [6.07, 6.45) is -3.87. The molecule has 0 saturated heterocycles. The second-order valence-corrected chi connectivity index (χ2v) is 4.49. The number of carbonyl (C=O) groups excluding carboxylic acids is 1. The van der Waals surface area contributed by atoms with Gasteiger partial charge in [0.25, 0.3) is 0 Å². The van der Waals surface area contributed by atoms with Gasteiger partial charge in [-0.3, -0.25) is 4.79 Å². The fraction of sp³-hybridized carbons (Fsp3) is 0.357. The predicted octanol–water partition coefficient (Wildman–Crippen LogP) is 0.964. The molecule has 134 valence electrons. The van der Waals surface area contributed by atoms with Crippen molar-refractivity contribution >= 4 is 17.7 Å². The highest BCUT2D eigenvalue weighted by Crippen LogP contribution is 2.15. The van der Waals surface area contributed by atoms with Crippen molar-refractivity contribution in [3.8, 4) is 0 Å². The Morgan fingerprint density at radius 2 is 1.33 bits per heavy atom. The van der Waals surface area contributed by atoms with Crippen LogP contribution >= 0.6 is 0 Å². The summed E-state index contributed by atoms with van der Waals surface area (Å²) in [7, 11) is 0. The Labute approximate surface area is 134 Å². The van der Waals surface area contributed by atoms with Crippen LogP contribution in [0.4, 0.5) is 13.2 Å². The molecule has 0 spiro atoms. The monoisotopic (exact) mass is 352 g/mol. The number of rotatable bonds is 6. The third-order valence-corrected chi connectivity index (χ3v) is 2.59. The zero-order valence-corrected chi connectivity index (χ0v) is 12.4. The molecule has 0 aliphatic rings. The summed E-state index contributed by atoms with van der Waals surface area (Å²) in [4.78, 5) is 30.7. The van der Waals surface area contributed by atoms with Crippen molar-refractivity contribution in [3.05, 3.63) is 35.1 Å². The minimum atomic E-state index is -2.27. The molecule has 1 aromatic rings. The van der Waals surface area contributed by atoms with Gasteiger partial charge in [-0.15, -0.1) is 0 Å². The van der Waals surface area contributed by atoms with E-state index in [0.29, 0.717) is 18.6 Å².